The van der Waals surface area contributed by atoms with Gasteiger partial charge >= 0.3 is 0 Å². The van der Waals surface area contributed by atoms with E-state index in [-0.39, 0.29) is 16.0 Å². The van der Waals surface area contributed by atoms with Crippen LogP contribution in [-0.4, -0.2) is 17.2 Å². The highest BCUT2D eigenvalue weighted by Gasteiger charge is 2.58. The maximum Gasteiger partial charge on any atom is 0.270 e. The van der Waals surface area contributed by atoms with Crippen LogP contribution >= 0.6 is 0 Å². The van der Waals surface area contributed by atoms with Gasteiger partial charge in [0.2, 0.25) is 5.72 Å². The largest absolute Gasteiger partial charge is 0.463 e. The summed E-state index contributed by atoms with van der Waals surface area (Å²) in [6, 6.07) is 13.5. The quantitative estimate of drug-likeness (QED) is 0.123. The van der Waals surface area contributed by atoms with Crippen molar-refractivity contribution in [3.63, 3.8) is 0 Å². The van der Waals surface area contributed by atoms with Crippen LogP contribution in [0.4, 0.5) is 11.4 Å². The zero-order valence-electron chi connectivity index (χ0n) is 24.4. The zero-order valence-corrected chi connectivity index (χ0v) is 24.4. The van der Waals surface area contributed by atoms with Crippen molar-refractivity contribution in [3.05, 3.63) is 69.8 Å². The molecule has 0 radical (unpaired) electrons. The Morgan fingerprint density at radius 1 is 0.821 bits per heavy atom. The van der Waals surface area contributed by atoms with E-state index in [1.165, 1.54) is 94.7 Å². The van der Waals surface area contributed by atoms with Crippen molar-refractivity contribution >= 4 is 17.5 Å². The van der Waals surface area contributed by atoms with E-state index < -0.39 is 5.72 Å². The summed E-state index contributed by atoms with van der Waals surface area (Å²) in [6.45, 7) is 7.70. The molecular formula is C34H48N2O3. The predicted octanol–water partition coefficient (Wildman–Crippen LogP) is 9.98. The minimum atomic E-state index is -0.656. The molecule has 2 aliphatic heterocycles. The highest BCUT2D eigenvalue weighted by molar-refractivity contribution is 5.73. The number of ether oxygens (including phenoxy) is 1. The summed E-state index contributed by atoms with van der Waals surface area (Å²) in [4.78, 5) is 13.4. The second kappa shape index (κ2) is 13.5. The smallest absolute Gasteiger partial charge is 0.270 e. The minimum Gasteiger partial charge on any atom is -0.463 e. The molecule has 1 spiro atoms. The number of fused-ring (bicyclic) bond motifs is 2. The molecule has 4 rings (SSSR count). The van der Waals surface area contributed by atoms with E-state index in [9.17, 15) is 10.1 Å². The summed E-state index contributed by atoms with van der Waals surface area (Å²) in [7, 11) is 0. The molecule has 0 amide bonds. The number of nitro benzene ring substituents is 1. The van der Waals surface area contributed by atoms with Crippen molar-refractivity contribution in [2.24, 2.45) is 0 Å². The van der Waals surface area contributed by atoms with Gasteiger partial charge in [-0.2, -0.15) is 0 Å². The standard InChI is InChI=1S/C34H48N2O3/c1-4-5-6-7-8-9-10-11-12-13-14-15-16-19-26-35-31-21-18-17-20-30(31)33(2,3)34(35)25-24-28-27-29(36(37)38)22-23-32(28)39-34/h17-18,20-25,27H,4-16,19,26H2,1-3H3/t34-/m0/s1. The summed E-state index contributed by atoms with van der Waals surface area (Å²) in [5.41, 5.74) is 2.42. The first-order chi connectivity index (χ1) is 18.9. The number of benzene rings is 2. The number of nitrogens with zero attached hydrogens (tertiary/aromatic N) is 2. The molecular weight excluding hydrogens is 484 g/mol. The summed E-state index contributed by atoms with van der Waals surface area (Å²) in [5.74, 6) is 0.704. The van der Waals surface area contributed by atoms with E-state index in [4.69, 9.17) is 4.74 Å². The molecule has 212 valence electrons. The molecule has 2 aromatic carbocycles. The highest BCUT2D eigenvalue weighted by atomic mass is 16.6. The molecule has 1 atom stereocenters. The van der Waals surface area contributed by atoms with Gasteiger partial charge in [-0.25, -0.2) is 0 Å². The van der Waals surface area contributed by atoms with Crippen LogP contribution in [0.15, 0.2) is 48.5 Å². The monoisotopic (exact) mass is 532 g/mol. The summed E-state index contributed by atoms with van der Waals surface area (Å²) in [5, 5.41) is 11.3. The van der Waals surface area contributed by atoms with E-state index in [1.54, 1.807) is 18.2 Å². The lowest BCUT2D eigenvalue weighted by Gasteiger charge is -2.47. The van der Waals surface area contributed by atoms with E-state index in [0.29, 0.717) is 5.75 Å². The van der Waals surface area contributed by atoms with Crippen LogP contribution in [0.5, 0.6) is 5.75 Å². The Bertz CT molecular complexity index is 1130. The summed E-state index contributed by atoms with van der Waals surface area (Å²) < 4.78 is 6.81. The third kappa shape index (κ3) is 6.50. The van der Waals surface area contributed by atoms with E-state index in [1.807, 2.05) is 6.08 Å². The van der Waals surface area contributed by atoms with Crippen molar-refractivity contribution in [3.8, 4) is 5.75 Å². The first-order valence-electron chi connectivity index (χ1n) is 15.4. The van der Waals surface area contributed by atoms with Crippen LogP contribution in [0.3, 0.4) is 0 Å². The number of para-hydroxylation sites is 1. The van der Waals surface area contributed by atoms with Crippen LogP contribution in [0.2, 0.25) is 0 Å². The zero-order chi connectivity index (χ0) is 27.7. The van der Waals surface area contributed by atoms with Crippen molar-refractivity contribution in [1.29, 1.82) is 0 Å². The van der Waals surface area contributed by atoms with Gasteiger partial charge in [-0.3, -0.25) is 10.1 Å². The molecule has 5 nitrogen and oxygen atoms in total. The van der Waals surface area contributed by atoms with Crippen molar-refractivity contribution in [1.82, 2.24) is 0 Å². The molecule has 39 heavy (non-hydrogen) atoms. The molecule has 0 unspecified atom stereocenters. The van der Waals surface area contributed by atoms with Crippen molar-refractivity contribution in [2.45, 2.75) is 122 Å². The number of non-ortho nitro benzene ring substituents is 1. The first-order valence-corrected chi connectivity index (χ1v) is 15.4. The average molecular weight is 533 g/mol. The van der Waals surface area contributed by atoms with E-state index >= 15 is 0 Å². The molecule has 2 aliphatic rings. The fourth-order valence-corrected chi connectivity index (χ4v) is 6.46. The molecule has 0 saturated heterocycles. The molecule has 2 aromatic rings. The van der Waals surface area contributed by atoms with Gasteiger partial charge in [-0.15, -0.1) is 0 Å². The molecule has 2 heterocycles. The predicted molar refractivity (Wildman–Crippen MR) is 163 cm³/mol. The lowest BCUT2D eigenvalue weighted by Crippen LogP contribution is -2.59. The van der Waals surface area contributed by atoms with Gasteiger partial charge in [-0.1, -0.05) is 109 Å². The number of hydrogen-bond acceptors (Lipinski definition) is 4. The van der Waals surface area contributed by atoms with Crippen LogP contribution in [-0.2, 0) is 5.41 Å². The molecule has 5 heteroatoms. The Balaban J connectivity index is 1.29. The van der Waals surface area contributed by atoms with Gasteiger partial charge in [0.15, 0.2) is 0 Å². The highest BCUT2D eigenvalue weighted by Crippen LogP contribution is 2.55. The number of hydrogen-bond donors (Lipinski definition) is 0. The molecule has 0 bridgehead atoms. The van der Waals surface area contributed by atoms with Gasteiger partial charge in [0.1, 0.15) is 5.75 Å². The Morgan fingerprint density at radius 2 is 1.41 bits per heavy atom. The summed E-state index contributed by atoms with van der Waals surface area (Å²) in [6.07, 6.45) is 23.0. The SMILES string of the molecule is CCCCCCCCCCCCCCCCN1c2ccccc2C(C)(C)[C@@]12C=Cc1cc([N+](=O)[O-])ccc1O2. The lowest BCUT2D eigenvalue weighted by atomic mass is 9.76. The molecule has 0 aromatic heterocycles. The van der Waals surface area contributed by atoms with Gasteiger partial charge < -0.3 is 9.64 Å². The summed E-state index contributed by atoms with van der Waals surface area (Å²) >= 11 is 0. The Morgan fingerprint density at radius 3 is 2.03 bits per heavy atom. The molecule has 0 saturated carbocycles. The number of nitro groups is 1. The molecule has 0 aliphatic carbocycles. The van der Waals surface area contributed by atoms with E-state index in [2.05, 4.69) is 56.0 Å². The minimum absolute atomic E-state index is 0.0891. The van der Waals surface area contributed by atoms with Crippen LogP contribution in [0, 0.1) is 10.1 Å². The second-order valence-electron chi connectivity index (χ2n) is 12.0. The fraction of sp³-hybridized carbons (Fsp3) is 0.588. The molecule has 0 N–H and O–H groups in total. The number of anilines is 1. The third-order valence-electron chi connectivity index (χ3n) is 8.86. The van der Waals surface area contributed by atoms with Crippen molar-refractivity contribution in [2.75, 3.05) is 11.4 Å². The molecule has 0 fully saturated rings. The van der Waals surface area contributed by atoms with Gasteiger partial charge in [0, 0.05) is 29.9 Å². The fourth-order valence-electron chi connectivity index (χ4n) is 6.46. The van der Waals surface area contributed by atoms with Crippen LogP contribution in [0.25, 0.3) is 6.08 Å². The topological polar surface area (TPSA) is 55.6 Å². The first kappa shape index (κ1) is 29.2. The maximum absolute atomic E-state index is 11.3. The second-order valence-corrected chi connectivity index (χ2v) is 12.0. The van der Waals surface area contributed by atoms with Gasteiger partial charge in [-0.05, 0) is 50.1 Å². The van der Waals surface area contributed by atoms with E-state index in [0.717, 1.165) is 18.5 Å². The maximum atomic E-state index is 11.3. The normalized spacial score (nSPS) is 18.7. The number of unbranched alkanes of at least 4 members (excludes halogenated alkanes) is 13. The third-order valence-corrected chi connectivity index (χ3v) is 8.86. The Hall–Kier alpha value is -2.82. The average Bonchev–Trinajstić information content (AvgIpc) is 3.11. The van der Waals surface area contributed by atoms with Crippen molar-refractivity contribution < 1.29 is 9.66 Å². The van der Waals surface area contributed by atoms with Crippen LogP contribution in [0.1, 0.15) is 122 Å². The van der Waals surface area contributed by atoms with Gasteiger partial charge in [0.05, 0.1) is 10.3 Å². The van der Waals surface area contributed by atoms with Crippen LogP contribution < -0.4 is 9.64 Å². The Labute approximate surface area is 235 Å². The Kier molecular flexibility index (Phi) is 10.1. The number of rotatable bonds is 16. The lowest BCUT2D eigenvalue weighted by molar-refractivity contribution is -0.384. The van der Waals surface area contributed by atoms with Gasteiger partial charge in [0.25, 0.3) is 5.69 Å².